The molecule has 1 aromatic heterocycles. The number of benzene rings is 1. The number of hydrogen-bond acceptors (Lipinski definition) is 13. The van der Waals surface area contributed by atoms with E-state index >= 15 is 0 Å². The van der Waals surface area contributed by atoms with Crippen LogP contribution in [0.1, 0.15) is 89.2 Å². The first-order chi connectivity index (χ1) is 25.7. The Balaban J connectivity index is 1.48. The Kier molecular flexibility index (Phi) is 11.3. The minimum atomic E-state index is -1.12. The standard InChI is InChI=1S/C41H50N2O11/c1-22-31(50-23(2)44)18-29-37(51-24(3)45)35-28(15-16-32(41(35)21-49-41)53-33(47)19-30(42-7)26-12-9-8-10-13-26)36(54-39(48)27-14-11-17-43-20-27)38(52-25(4)46)34(22)40(29,5)6/h8-14,17,20,28-32,35-38,42H,15-16,18-19,21H2,1-7H3. The molecule has 1 aliphatic heterocycles. The van der Waals surface area contributed by atoms with Crippen LogP contribution in [0, 0.1) is 23.2 Å². The van der Waals surface area contributed by atoms with Crippen LogP contribution in [-0.4, -0.2) is 84.6 Å². The quantitative estimate of drug-likeness (QED) is 0.152. The number of esters is 5. The second-order valence-electron chi connectivity index (χ2n) is 15.4. The van der Waals surface area contributed by atoms with Crippen LogP contribution in [0.3, 0.4) is 0 Å². The lowest BCUT2D eigenvalue weighted by Gasteiger charge is -2.57. The number of nitrogens with zero attached hydrogens (tertiary/aromatic N) is 1. The summed E-state index contributed by atoms with van der Waals surface area (Å²) in [4.78, 5) is 70.4. The van der Waals surface area contributed by atoms with Gasteiger partial charge in [-0.1, -0.05) is 44.2 Å². The molecule has 1 spiro atoms. The second-order valence-corrected chi connectivity index (χ2v) is 15.4. The Hall–Kier alpha value is -4.62. The molecule has 290 valence electrons. The average Bonchev–Trinajstić information content (AvgIpc) is 3.91. The number of hydrogen-bond donors (Lipinski definition) is 1. The fourth-order valence-corrected chi connectivity index (χ4v) is 9.47. The third-order valence-electron chi connectivity index (χ3n) is 11.8. The van der Waals surface area contributed by atoms with Crippen molar-refractivity contribution >= 4 is 29.8 Å². The van der Waals surface area contributed by atoms with Gasteiger partial charge in [0.15, 0.2) is 6.10 Å². The number of nitrogens with one attached hydrogen (secondary N) is 1. The van der Waals surface area contributed by atoms with E-state index in [1.807, 2.05) is 51.1 Å². The van der Waals surface area contributed by atoms with Crippen molar-refractivity contribution in [1.29, 1.82) is 0 Å². The highest BCUT2D eigenvalue weighted by molar-refractivity contribution is 5.89. The summed E-state index contributed by atoms with van der Waals surface area (Å²) in [7, 11) is 1.78. The maximum Gasteiger partial charge on any atom is 0.340 e. The average molecular weight is 747 g/mol. The van der Waals surface area contributed by atoms with Crippen molar-refractivity contribution in [3.63, 3.8) is 0 Å². The minimum absolute atomic E-state index is 0.0571. The van der Waals surface area contributed by atoms with E-state index in [4.69, 9.17) is 28.4 Å². The van der Waals surface area contributed by atoms with Crippen LogP contribution in [0.25, 0.3) is 0 Å². The molecule has 2 saturated carbocycles. The van der Waals surface area contributed by atoms with E-state index in [9.17, 15) is 24.0 Å². The SMILES string of the molecule is CNC(CC(=O)OC1CCC2C(OC(=O)c3cccnc3)C(OC(C)=O)C3=C(C)C(OC(C)=O)CC(C(OC(C)=O)C2C12CO2)C3(C)C)c1ccccc1. The molecular weight excluding hydrogens is 696 g/mol. The number of rotatable bonds is 10. The number of carbonyl (C=O) groups excluding carboxylic acids is 5. The van der Waals surface area contributed by atoms with Crippen molar-refractivity contribution in [1.82, 2.24) is 10.3 Å². The number of ether oxygens (including phenoxy) is 6. The smallest absolute Gasteiger partial charge is 0.340 e. The summed E-state index contributed by atoms with van der Waals surface area (Å²) in [5.41, 5.74) is 0.428. The molecule has 1 saturated heterocycles. The molecule has 0 radical (unpaired) electrons. The molecule has 13 nitrogen and oxygen atoms in total. The molecular formula is C41H50N2O11. The van der Waals surface area contributed by atoms with E-state index in [2.05, 4.69) is 10.3 Å². The zero-order valence-electron chi connectivity index (χ0n) is 31.9. The van der Waals surface area contributed by atoms with E-state index in [1.165, 1.54) is 33.2 Å². The van der Waals surface area contributed by atoms with Gasteiger partial charge >= 0.3 is 29.8 Å². The van der Waals surface area contributed by atoms with Gasteiger partial charge in [0, 0.05) is 57.0 Å². The molecule has 3 fully saturated rings. The van der Waals surface area contributed by atoms with Crippen LogP contribution in [0.4, 0.5) is 0 Å². The topological polar surface area (TPSA) is 169 Å². The van der Waals surface area contributed by atoms with Crippen LogP contribution in [0.2, 0.25) is 0 Å². The molecule has 54 heavy (non-hydrogen) atoms. The van der Waals surface area contributed by atoms with Crippen molar-refractivity contribution in [3.05, 3.63) is 77.1 Å². The highest BCUT2D eigenvalue weighted by Crippen LogP contribution is 2.61. The lowest BCUT2D eigenvalue weighted by atomic mass is 9.52. The number of fused-ring (bicyclic) bond motifs is 4. The Morgan fingerprint density at radius 1 is 0.889 bits per heavy atom. The van der Waals surface area contributed by atoms with Crippen LogP contribution in [0.15, 0.2) is 66.0 Å². The number of carbonyl (C=O) groups is 5. The molecule has 1 aromatic carbocycles. The summed E-state index contributed by atoms with van der Waals surface area (Å²) in [6, 6.07) is 12.5. The summed E-state index contributed by atoms with van der Waals surface area (Å²) in [6.45, 7) is 9.89. The molecule has 0 amide bonds. The normalized spacial score (nSPS) is 31.5. The van der Waals surface area contributed by atoms with Crippen LogP contribution < -0.4 is 5.32 Å². The minimum Gasteiger partial charge on any atom is -0.462 e. The van der Waals surface area contributed by atoms with E-state index in [-0.39, 0.29) is 31.1 Å². The summed E-state index contributed by atoms with van der Waals surface area (Å²) in [6.07, 6.45) is -0.633. The fraction of sp³-hybridized carbons (Fsp3) is 0.561. The van der Waals surface area contributed by atoms with Crippen molar-refractivity contribution in [2.45, 2.75) is 109 Å². The maximum atomic E-state index is 14.0. The van der Waals surface area contributed by atoms with E-state index < -0.39 is 89.1 Å². The van der Waals surface area contributed by atoms with Gasteiger partial charge in [0.2, 0.25) is 0 Å². The van der Waals surface area contributed by atoms with E-state index in [0.29, 0.717) is 24.0 Å². The second kappa shape index (κ2) is 15.6. The largest absolute Gasteiger partial charge is 0.462 e. The molecule has 10 atom stereocenters. The van der Waals surface area contributed by atoms with Crippen LogP contribution in [-0.2, 0) is 47.6 Å². The summed E-state index contributed by atoms with van der Waals surface area (Å²) in [5.74, 6) is -4.57. The molecule has 13 heteroatoms. The first-order valence-electron chi connectivity index (χ1n) is 18.6. The highest BCUT2D eigenvalue weighted by Gasteiger charge is 2.71. The van der Waals surface area contributed by atoms with Gasteiger partial charge in [-0.3, -0.25) is 24.2 Å². The predicted molar refractivity (Wildman–Crippen MR) is 192 cm³/mol. The van der Waals surface area contributed by atoms with Crippen molar-refractivity contribution in [2.75, 3.05) is 13.7 Å². The first kappa shape index (κ1) is 39.1. The Labute approximate surface area is 315 Å². The van der Waals surface area contributed by atoms with Gasteiger partial charge < -0.3 is 33.7 Å². The van der Waals surface area contributed by atoms with Gasteiger partial charge in [-0.15, -0.1) is 0 Å². The van der Waals surface area contributed by atoms with E-state index in [0.717, 1.165) is 5.56 Å². The molecule has 3 aliphatic carbocycles. The third kappa shape index (κ3) is 7.66. The molecule has 1 N–H and O–H groups in total. The monoisotopic (exact) mass is 746 g/mol. The lowest BCUT2D eigenvalue weighted by molar-refractivity contribution is -0.200. The highest BCUT2D eigenvalue weighted by atomic mass is 16.6. The van der Waals surface area contributed by atoms with E-state index in [1.54, 1.807) is 19.2 Å². The van der Waals surface area contributed by atoms with Gasteiger partial charge in [0.1, 0.15) is 30.0 Å². The number of pyridine rings is 1. The van der Waals surface area contributed by atoms with Gasteiger partial charge in [-0.25, -0.2) is 4.79 Å². The molecule has 2 aromatic rings. The predicted octanol–water partition coefficient (Wildman–Crippen LogP) is 4.84. The molecule has 4 aliphatic rings. The molecule has 6 rings (SSSR count). The van der Waals surface area contributed by atoms with Crippen molar-refractivity contribution in [3.8, 4) is 0 Å². The van der Waals surface area contributed by atoms with Gasteiger partial charge in [-0.2, -0.15) is 0 Å². The van der Waals surface area contributed by atoms with Crippen LogP contribution >= 0.6 is 0 Å². The first-order valence-corrected chi connectivity index (χ1v) is 18.6. The molecule has 10 unspecified atom stereocenters. The fourth-order valence-electron chi connectivity index (χ4n) is 9.47. The number of epoxide rings is 1. The summed E-state index contributed by atoms with van der Waals surface area (Å²) >= 11 is 0. The number of aromatic nitrogens is 1. The van der Waals surface area contributed by atoms with Crippen molar-refractivity contribution < 1.29 is 52.4 Å². The van der Waals surface area contributed by atoms with Gasteiger partial charge in [-0.05, 0) is 67.5 Å². The zero-order valence-corrected chi connectivity index (χ0v) is 31.9. The van der Waals surface area contributed by atoms with Gasteiger partial charge in [0.05, 0.1) is 18.6 Å². The lowest BCUT2D eigenvalue weighted by Crippen LogP contribution is -2.64. The van der Waals surface area contributed by atoms with Crippen LogP contribution in [0.5, 0.6) is 0 Å². The van der Waals surface area contributed by atoms with Gasteiger partial charge in [0.25, 0.3) is 0 Å². The third-order valence-corrected chi connectivity index (χ3v) is 11.8. The van der Waals surface area contributed by atoms with Crippen molar-refractivity contribution in [2.24, 2.45) is 23.2 Å². The zero-order chi connectivity index (χ0) is 38.9. The molecule has 2 heterocycles. The molecule has 2 bridgehead atoms. The summed E-state index contributed by atoms with van der Waals surface area (Å²) in [5, 5.41) is 3.20. The Morgan fingerprint density at radius 3 is 2.17 bits per heavy atom. The Morgan fingerprint density at radius 2 is 1.57 bits per heavy atom. The Bertz CT molecular complexity index is 1770. The summed E-state index contributed by atoms with van der Waals surface area (Å²) < 4.78 is 37.5. The maximum absolute atomic E-state index is 14.0.